The lowest BCUT2D eigenvalue weighted by Gasteiger charge is -2.09. The first-order valence-corrected chi connectivity index (χ1v) is 10.5. The fourth-order valence-corrected chi connectivity index (χ4v) is 3.93. The van der Waals surface area contributed by atoms with Crippen LogP contribution in [0.5, 0.6) is 5.75 Å². The zero-order valence-electron chi connectivity index (χ0n) is 15.8. The molecule has 150 valence electrons. The van der Waals surface area contributed by atoms with Gasteiger partial charge in [0, 0.05) is 17.4 Å². The van der Waals surface area contributed by atoms with Crippen LogP contribution in [0.15, 0.2) is 53.7 Å². The molecule has 3 N–H and O–H groups in total. The lowest BCUT2D eigenvalue weighted by atomic mass is 10.3. The summed E-state index contributed by atoms with van der Waals surface area (Å²) in [6.07, 6.45) is 0. The van der Waals surface area contributed by atoms with Crippen molar-refractivity contribution >= 4 is 51.7 Å². The molecule has 10 heteroatoms. The fourth-order valence-electron chi connectivity index (χ4n) is 3.06. The molecular weight excluding hydrogens is 422 g/mol. The molecule has 0 aliphatic carbocycles. The molecule has 0 aliphatic heterocycles. The van der Waals surface area contributed by atoms with Gasteiger partial charge in [-0.1, -0.05) is 35.5 Å². The van der Waals surface area contributed by atoms with Gasteiger partial charge >= 0.3 is 0 Å². The monoisotopic (exact) mass is 437 g/mol. The highest BCUT2D eigenvalue weighted by Gasteiger charge is 2.12. The number of aromatic hydroxyl groups is 1. The molecule has 0 unspecified atom stereocenters. The molecule has 0 amide bonds. The summed E-state index contributed by atoms with van der Waals surface area (Å²) in [6.45, 7) is 1.89. The zero-order valence-corrected chi connectivity index (χ0v) is 17.4. The predicted octanol–water partition coefficient (Wildman–Crippen LogP) is 4.70. The number of thioether (sulfide) groups is 1. The first-order valence-electron chi connectivity index (χ1n) is 9.11. The van der Waals surface area contributed by atoms with E-state index in [9.17, 15) is 5.11 Å². The van der Waals surface area contributed by atoms with E-state index in [0.717, 1.165) is 28.2 Å². The quantitative estimate of drug-likeness (QED) is 0.270. The largest absolute Gasteiger partial charge is 0.506 e. The summed E-state index contributed by atoms with van der Waals surface area (Å²) in [4.78, 5) is 16.9. The molecule has 0 radical (unpaired) electrons. The first-order chi connectivity index (χ1) is 14.5. The van der Waals surface area contributed by atoms with Gasteiger partial charge in [0.2, 0.25) is 5.16 Å². The van der Waals surface area contributed by atoms with Crippen molar-refractivity contribution in [2.75, 3.05) is 5.32 Å². The highest BCUT2D eigenvalue weighted by Crippen LogP contribution is 2.28. The zero-order chi connectivity index (χ0) is 20.7. The second-order valence-electron chi connectivity index (χ2n) is 6.67. The third kappa shape index (κ3) is 3.64. The summed E-state index contributed by atoms with van der Waals surface area (Å²) in [6, 6.07) is 14.7. The van der Waals surface area contributed by atoms with Crippen LogP contribution in [0.2, 0.25) is 5.02 Å². The van der Waals surface area contributed by atoms with Crippen molar-refractivity contribution in [2.45, 2.75) is 17.8 Å². The molecule has 3 aromatic heterocycles. The van der Waals surface area contributed by atoms with Crippen LogP contribution in [0, 0.1) is 6.92 Å². The van der Waals surface area contributed by atoms with Crippen molar-refractivity contribution in [3.05, 3.63) is 65.1 Å². The molecule has 3 heterocycles. The number of phenols is 1. The van der Waals surface area contributed by atoms with E-state index >= 15 is 0 Å². The van der Waals surface area contributed by atoms with Gasteiger partial charge in [-0.25, -0.2) is 9.97 Å². The van der Waals surface area contributed by atoms with Crippen LogP contribution in [0.3, 0.4) is 0 Å². The highest BCUT2D eigenvalue weighted by atomic mass is 35.5. The smallest absolute Gasteiger partial charge is 0.255 e. The predicted molar refractivity (Wildman–Crippen MR) is 118 cm³/mol. The standard InChI is InChI=1S/C20H16ClN7OS/c1-11-8-18(23-12-6-7-16(29)13(21)9-12)28-19(22-11)26-20(27-28)30-10-17-24-14-4-2-3-5-15(14)25-17/h2-9,23,29H,10H2,1H3,(H,24,25). The Morgan fingerprint density at radius 3 is 2.83 bits per heavy atom. The molecule has 0 fully saturated rings. The van der Waals surface area contributed by atoms with E-state index in [1.165, 1.54) is 17.8 Å². The van der Waals surface area contributed by atoms with Gasteiger partial charge < -0.3 is 15.4 Å². The molecule has 5 rings (SSSR count). The number of anilines is 2. The number of nitrogens with zero attached hydrogens (tertiary/aromatic N) is 5. The van der Waals surface area contributed by atoms with Crippen molar-refractivity contribution in [2.24, 2.45) is 0 Å². The van der Waals surface area contributed by atoms with Crippen LogP contribution in [0.1, 0.15) is 11.5 Å². The highest BCUT2D eigenvalue weighted by molar-refractivity contribution is 7.98. The van der Waals surface area contributed by atoms with E-state index in [-0.39, 0.29) is 10.8 Å². The Morgan fingerprint density at radius 2 is 2.00 bits per heavy atom. The van der Waals surface area contributed by atoms with Gasteiger partial charge in [0.15, 0.2) is 0 Å². The Bertz CT molecular complexity index is 1350. The lowest BCUT2D eigenvalue weighted by Crippen LogP contribution is -2.02. The van der Waals surface area contributed by atoms with E-state index < -0.39 is 0 Å². The summed E-state index contributed by atoms with van der Waals surface area (Å²) < 4.78 is 1.65. The van der Waals surface area contributed by atoms with Crippen LogP contribution >= 0.6 is 23.4 Å². The Balaban J connectivity index is 1.41. The average molecular weight is 438 g/mol. The van der Waals surface area contributed by atoms with Crippen LogP contribution in [0.25, 0.3) is 16.8 Å². The van der Waals surface area contributed by atoms with Crippen molar-refractivity contribution in [1.82, 2.24) is 29.5 Å². The van der Waals surface area contributed by atoms with Crippen LogP contribution in [-0.4, -0.2) is 34.7 Å². The van der Waals surface area contributed by atoms with Gasteiger partial charge in [-0.05, 0) is 37.3 Å². The van der Waals surface area contributed by atoms with Crippen molar-refractivity contribution in [3.8, 4) is 5.75 Å². The number of aromatic nitrogens is 6. The van der Waals surface area contributed by atoms with Crippen molar-refractivity contribution < 1.29 is 5.11 Å². The normalized spacial score (nSPS) is 11.4. The number of H-pyrrole nitrogens is 1. The van der Waals surface area contributed by atoms with Gasteiger partial charge in [0.25, 0.3) is 5.78 Å². The molecule has 30 heavy (non-hydrogen) atoms. The summed E-state index contributed by atoms with van der Waals surface area (Å²) in [5, 5.41) is 18.3. The number of aromatic amines is 1. The van der Waals surface area contributed by atoms with E-state index in [1.54, 1.807) is 16.6 Å². The maximum atomic E-state index is 9.62. The van der Waals surface area contributed by atoms with Crippen LogP contribution in [0.4, 0.5) is 11.5 Å². The Labute approximate surface area is 180 Å². The minimum atomic E-state index is 0.0308. The number of halogens is 1. The average Bonchev–Trinajstić information content (AvgIpc) is 3.32. The topological polar surface area (TPSA) is 104 Å². The third-order valence-corrected chi connectivity index (χ3v) is 5.57. The summed E-state index contributed by atoms with van der Waals surface area (Å²) in [7, 11) is 0. The number of hydrogen-bond acceptors (Lipinski definition) is 7. The van der Waals surface area contributed by atoms with Crippen LogP contribution in [-0.2, 0) is 5.75 Å². The van der Waals surface area contributed by atoms with Gasteiger partial charge in [0.05, 0.1) is 21.8 Å². The minimum absolute atomic E-state index is 0.0308. The van der Waals surface area contributed by atoms with Gasteiger partial charge in [-0.3, -0.25) is 0 Å². The Kier molecular flexibility index (Phi) is 4.68. The molecular formula is C20H16ClN7OS. The van der Waals surface area contributed by atoms with E-state index in [4.69, 9.17) is 11.6 Å². The molecule has 0 atom stereocenters. The fraction of sp³-hybridized carbons (Fsp3) is 0.100. The number of para-hydroxylation sites is 2. The molecule has 0 bridgehead atoms. The van der Waals surface area contributed by atoms with Crippen LogP contribution < -0.4 is 5.32 Å². The second kappa shape index (κ2) is 7.51. The minimum Gasteiger partial charge on any atom is -0.506 e. The Morgan fingerprint density at radius 1 is 1.13 bits per heavy atom. The summed E-state index contributed by atoms with van der Waals surface area (Å²) >= 11 is 7.49. The number of hydrogen-bond donors (Lipinski definition) is 3. The SMILES string of the molecule is Cc1cc(Nc2ccc(O)c(Cl)c2)n2nc(SCc3nc4ccccc4[nH]3)nc2n1. The molecule has 8 nitrogen and oxygen atoms in total. The molecule has 5 aromatic rings. The van der Waals surface area contributed by atoms with Crippen molar-refractivity contribution in [3.63, 3.8) is 0 Å². The Hall–Kier alpha value is -3.30. The summed E-state index contributed by atoms with van der Waals surface area (Å²) in [5.74, 6) is 2.70. The lowest BCUT2D eigenvalue weighted by molar-refractivity contribution is 0.475. The summed E-state index contributed by atoms with van der Waals surface area (Å²) in [5.41, 5.74) is 3.47. The van der Waals surface area contributed by atoms with Crippen molar-refractivity contribution in [1.29, 1.82) is 0 Å². The van der Waals surface area contributed by atoms with E-state index in [2.05, 4.69) is 30.4 Å². The number of nitrogens with one attached hydrogen (secondary N) is 2. The molecule has 0 saturated carbocycles. The maximum Gasteiger partial charge on any atom is 0.255 e. The first kappa shape index (κ1) is 18.7. The second-order valence-corrected chi connectivity index (χ2v) is 8.02. The number of aryl methyl sites for hydroxylation is 1. The van der Waals surface area contributed by atoms with Gasteiger partial charge in [0.1, 0.15) is 17.4 Å². The molecule has 0 spiro atoms. The third-order valence-electron chi connectivity index (χ3n) is 4.42. The number of fused-ring (bicyclic) bond motifs is 2. The molecule has 2 aromatic carbocycles. The van der Waals surface area contributed by atoms with Gasteiger partial charge in [-0.2, -0.15) is 9.50 Å². The van der Waals surface area contributed by atoms with E-state index in [0.29, 0.717) is 22.5 Å². The number of rotatable bonds is 5. The van der Waals surface area contributed by atoms with Gasteiger partial charge in [-0.15, -0.1) is 5.10 Å². The number of benzene rings is 2. The number of phenolic OH excluding ortho intramolecular Hbond substituents is 1. The molecule has 0 aliphatic rings. The maximum absolute atomic E-state index is 9.62. The molecule has 0 saturated heterocycles. The number of imidazole rings is 1. The van der Waals surface area contributed by atoms with E-state index in [1.807, 2.05) is 37.3 Å².